The van der Waals surface area contributed by atoms with E-state index in [4.69, 9.17) is 0 Å². The monoisotopic (exact) mass is 413 g/mol. The smallest absolute Gasteiger partial charge is 0.307 e. The largest absolute Gasteiger partial charge is 0.372 e. The van der Waals surface area contributed by atoms with Crippen LogP contribution in [0.4, 0.5) is 11.4 Å². The summed E-state index contributed by atoms with van der Waals surface area (Å²) in [5.74, 6) is 1.15. The van der Waals surface area contributed by atoms with E-state index in [9.17, 15) is 10.1 Å². The number of nitrogens with zero attached hydrogens (tertiary/aromatic N) is 7. The molecule has 0 aliphatic rings. The number of hydrogen-bond donors (Lipinski definition) is 0. The minimum Gasteiger partial charge on any atom is -0.372 e. The van der Waals surface area contributed by atoms with Crippen molar-refractivity contribution >= 4 is 23.1 Å². The van der Waals surface area contributed by atoms with Crippen LogP contribution in [0.15, 0.2) is 54.5 Å². The molecule has 0 fully saturated rings. The van der Waals surface area contributed by atoms with Crippen LogP contribution in [0.3, 0.4) is 0 Å². The van der Waals surface area contributed by atoms with Gasteiger partial charge in [-0.25, -0.2) is 0 Å². The summed E-state index contributed by atoms with van der Waals surface area (Å²) in [6.45, 7) is 10.6. The minimum atomic E-state index is -0.464. The fourth-order valence-corrected chi connectivity index (χ4v) is 3.76. The summed E-state index contributed by atoms with van der Waals surface area (Å²) in [5.41, 5.74) is 2.10. The maximum Gasteiger partial charge on any atom is 0.307 e. The maximum absolute atomic E-state index is 10.8. The molecule has 3 rings (SSSR count). The third-order valence-corrected chi connectivity index (χ3v) is 5.39. The highest BCUT2D eigenvalue weighted by Gasteiger charge is 2.15. The number of nitro groups is 1. The quantitative estimate of drug-likeness (QED) is 0.216. The minimum absolute atomic E-state index is 0.0351. The van der Waals surface area contributed by atoms with Gasteiger partial charge < -0.3 is 4.90 Å². The molecular weight excluding hydrogens is 390 g/mol. The molecule has 0 saturated carbocycles. The number of thioether (sulfide) groups is 1. The molecule has 0 atom stereocenters. The van der Waals surface area contributed by atoms with Gasteiger partial charge in [0.15, 0.2) is 11.0 Å². The van der Waals surface area contributed by atoms with E-state index in [1.807, 2.05) is 16.7 Å². The van der Waals surface area contributed by atoms with E-state index < -0.39 is 4.92 Å². The molecule has 2 aromatic heterocycles. The molecule has 29 heavy (non-hydrogen) atoms. The molecule has 0 aliphatic heterocycles. The van der Waals surface area contributed by atoms with Crippen LogP contribution in [0.25, 0.3) is 11.4 Å². The summed E-state index contributed by atoms with van der Waals surface area (Å²) in [4.78, 5) is 12.6. The van der Waals surface area contributed by atoms with Crippen molar-refractivity contribution in [1.29, 1.82) is 0 Å². The first-order valence-corrected chi connectivity index (χ1v) is 10.2. The van der Waals surface area contributed by atoms with Gasteiger partial charge in [-0.3, -0.25) is 19.4 Å². The molecule has 9 nitrogen and oxygen atoms in total. The van der Waals surface area contributed by atoms with Crippen molar-refractivity contribution in [2.24, 2.45) is 0 Å². The Bertz CT molecular complexity index is 977. The highest BCUT2D eigenvalue weighted by molar-refractivity contribution is 7.98. The molecular formula is C19H23N7O2S. The zero-order valence-corrected chi connectivity index (χ0v) is 17.2. The van der Waals surface area contributed by atoms with E-state index in [1.54, 1.807) is 6.08 Å². The highest BCUT2D eigenvalue weighted by Crippen LogP contribution is 2.27. The van der Waals surface area contributed by atoms with Crippen molar-refractivity contribution in [2.75, 3.05) is 18.0 Å². The van der Waals surface area contributed by atoms with Crippen molar-refractivity contribution < 1.29 is 4.92 Å². The number of allylic oxidation sites excluding steroid dienone is 1. The fraction of sp³-hybridized carbons (Fsp3) is 0.316. The third kappa shape index (κ3) is 4.65. The van der Waals surface area contributed by atoms with E-state index in [0.717, 1.165) is 24.5 Å². The van der Waals surface area contributed by atoms with Crippen LogP contribution in [0.1, 0.15) is 13.8 Å². The molecule has 0 spiro atoms. The van der Waals surface area contributed by atoms with Gasteiger partial charge in [-0.15, -0.1) is 16.8 Å². The zero-order valence-electron chi connectivity index (χ0n) is 16.4. The molecule has 3 aromatic rings. The lowest BCUT2D eigenvalue weighted by molar-refractivity contribution is -0.385. The zero-order chi connectivity index (χ0) is 20.8. The van der Waals surface area contributed by atoms with Crippen LogP contribution in [0.2, 0.25) is 0 Å². The molecule has 0 aliphatic carbocycles. The van der Waals surface area contributed by atoms with Gasteiger partial charge in [0.1, 0.15) is 12.4 Å². The van der Waals surface area contributed by atoms with Gasteiger partial charge in [0, 0.05) is 30.9 Å². The molecule has 1 aromatic carbocycles. The van der Waals surface area contributed by atoms with E-state index in [2.05, 4.69) is 52.8 Å². The number of benzene rings is 1. The van der Waals surface area contributed by atoms with Crippen LogP contribution in [-0.2, 0) is 12.4 Å². The molecule has 0 bridgehead atoms. The SMILES string of the molecule is C=CCn1c(SCn2cc([N+](=O)[O-])cn2)nnc1-c1ccc(N(CC)CC)cc1. The van der Waals surface area contributed by atoms with Crippen LogP contribution >= 0.6 is 11.8 Å². The number of rotatable bonds is 10. The number of aromatic nitrogens is 5. The average Bonchev–Trinajstić information content (AvgIpc) is 3.36. The number of hydrogen-bond acceptors (Lipinski definition) is 7. The molecule has 0 saturated heterocycles. The van der Waals surface area contributed by atoms with Crippen LogP contribution < -0.4 is 4.90 Å². The first-order valence-electron chi connectivity index (χ1n) is 9.26. The molecule has 0 unspecified atom stereocenters. The van der Waals surface area contributed by atoms with E-state index in [1.165, 1.54) is 34.5 Å². The Kier molecular flexibility index (Phi) is 6.65. The molecule has 0 N–H and O–H groups in total. The Morgan fingerprint density at radius 1 is 1.24 bits per heavy atom. The molecule has 152 valence electrons. The van der Waals surface area contributed by atoms with Gasteiger partial charge >= 0.3 is 5.69 Å². The second-order valence-corrected chi connectivity index (χ2v) is 7.11. The van der Waals surface area contributed by atoms with Gasteiger partial charge in [0.2, 0.25) is 0 Å². The first-order chi connectivity index (χ1) is 14.1. The summed E-state index contributed by atoms with van der Waals surface area (Å²) >= 11 is 1.41. The maximum atomic E-state index is 10.8. The standard InChI is InChI=1S/C19H23N7O2S/c1-4-11-25-18(15-7-9-16(10-8-15)23(5-2)6-3)21-22-19(25)29-14-24-13-17(12-20-24)26(27)28/h4,7-10,12-13H,1,5-6,11,14H2,2-3H3. The predicted molar refractivity (Wildman–Crippen MR) is 114 cm³/mol. The molecule has 10 heteroatoms. The van der Waals surface area contributed by atoms with Crippen LogP contribution in [-0.4, -0.2) is 42.6 Å². The van der Waals surface area contributed by atoms with Crippen molar-refractivity contribution in [3.63, 3.8) is 0 Å². The van der Waals surface area contributed by atoms with Gasteiger partial charge in [-0.1, -0.05) is 17.8 Å². The fourth-order valence-electron chi connectivity index (χ4n) is 2.95. The number of anilines is 1. The van der Waals surface area contributed by atoms with Gasteiger partial charge in [-0.2, -0.15) is 5.10 Å². The molecule has 2 heterocycles. The Labute approximate surface area is 173 Å². The Balaban J connectivity index is 1.80. The van der Waals surface area contributed by atoms with Crippen molar-refractivity contribution in [3.05, 3.63) is 59.4 Å². The van der Waals surface area contributed by atoms with Crippen molar-refractivity contribution in [1.82, 2.24) is 24.5 Å². The van der Waals surface area contributed by atoms with Crippen molar-refractivity contribution in [3.8, 4) is 11.4 Å². The summed E-state index contributed by atoms with van der Waals surface area (Å²) in [6.07, 6.45) is 4.42. The Hall–Kier alpha value is -3.14. The van der Waals surface area contributed by atoms with E-state index in [-0.39, 0.29) is 5.69 Å². The van der Waals surface area contributed by atoms with Gasteiger partial charge in [0.05, 0.1) is 10.8 Å². The lowest BCUT2D eigenvalue weighted by Crippen LogP contribution is -2.21. The normalized spacial score (nSPS) is 10.8. The molecule has 0 amide bonds. The summed E-state index contributed by atoms with van der Waals surface area (Å²) in [7, 11) is 0. The summed E-state index contributed by atoms with van der Waals surface area (Å²) in [6, 6.07) is 8.26. The van der Waals surface area contributed by atoms with E-state index in [0.29, 0.717) is 17.6 Å². The summed E-state index contributed by atoms with van der Waals surface area (Å²) < 4.78 is 3.48. The molecule has 0 radical (unpaired) electrons. The third-order valence-electron chi connectivity index (χ3n) is 4.44. The topological polar surface area (TPSA) is 94.9 Å². The predicted octanol–water partition coefficient (Wildman–Crippen LogP) is 3.83. The second-order valence-electron chi connectivity index (χ2n) is 6.19. The van der Waals surface area contributed by atoms with Crippen molar-refractivity contribution in [2.45, 2.75) is 31.4 Å². The Morgan fingerprint density at radius 3 is 2.55 bits per heavy atom. The first kappa shape index (κ1) is 20.6. The summed E-state index contributed by atoms with van der Waals surface area (Å²) in [5, 5.41) is 24.2. The lowest BCUT2D eigenvalue weighted by Gasteiger charge is -2.21. The Morgan fingerprint density at radius 2 is 1.97 bits per heavy atom. The van der Waals surface area contributed by atoms with Crippen LogP contribution in [0, 0.1) is 10.1 Å². The second kappa shape index (κ2) is 9.37. The lowest BCUT2D eigenvalue weighted by atomic mass is 10.2. The highest BCUT2D eigenvalue weighted by atomic mass is 32.2. The van der Waals surface area contributed by atoms with Gasteiger partial charge in [-0.05, 0) is 38.1 Å². The van der Waals surface area contributed by atoms with Crippen LogP contribution in [0.5, 0.6) is 0 Å². The van der Waals surface area contributed by atoms with E-state index >= 15 is 0 Å². The van der Waals surface area contributed by atoms with Gasteiger partial charge in [0.25, 0.3) is 0 Å². The average molecular weight is 414 g/mol.